The molecule has 1 rings (SSSR count). The summed E-state index contributed by atoms with van der Waals surface area (Å²) in [6.45, 7) is -0.104. The number of carbonyl (C=O) groups excluding carboxylic acids is 1. The topological polar surface area (TPSA) is 20.3 Å². The van der Waals surface area contributed by atoms with Crippen molar-refractivity contribution in [3.8, 4) is 0 Å². The summed E-state index contributed by atoms with van der Waals surface area (Å²) in [6.07, 6.45) is -5.38. The van der Waals surface area contributed by atoms with Gasteiger partial charge in [-0.05, 0) is 12.2 Å². The number of amides is 1. The zero-order chi connectivity index (χ0) is 12.4. The van der Waals surface area contributed by atoms with E-state index in [9.17, 15) is 26.7 Å². The molecule has 1 amide bonds. The van der Waals surface area contributed by atoms with Crippen LogP contribution in [0.4, 0.5) is 22.0 Å². The number of carbonyl (C=O) groups is 1. The van der Waals surface area contributed by atoms with Gasteiger partial charge in [0.15, 0.2) is 0 Å². The van der Waals surface area contributed by atoms with Crippen molar-refractivity contribution in [3.63, 3.8) is 0 Å². The molecule has 1 fully saturated rings. The Morgan fingerprint density at radius 2 is 1.69 bits per heavy atom. The van der Waals surface area contributed by atoms with Gasteiger partial charge in [-0.2, -0.15) is 33.7 Å². The van der Waals surface area contributed by atoms with Crippen LogP contribution in [-0.4, -0.2) is 47.5 Å². The summed E-state index contributed by atoms with van der Waals surface area (Å²) in [5.41, 5.74) is 0. The highest BCUT2D eigenvalue weighted by Crippen LogP contribution is 2.37. The SMILES string of the molecule is O=C(N1CCCSCC1)C(F)(F)C(F)(F)F. The molecule has 0 atom stereocenters. The van der Waals surface area contributed by atoms with Crippen molar-refractivity contribution in [1.82, 2.24) is 4.90 Å². The van der Waals surface area contributed by atoms with Crippen LogP contribution >= 0.6 is 11.8 Å². The summed E-state index contributed by atoms with van der Waals surface area (Å²) in [4.78, 5) is 11.7. The quantitative estimate of drug-likeness (QED) is 0.676. The molecule has 0 radical (unpaired) electrons. The molecule has 0 aromatic carbocycles. The molecule has 8 heteroatoms. The van der Waals surface area contributed by atoms with Gasteiger partial charge in [-0.3, -0.25) is 4.79 Å². The van der Waals surface area contributed by atoms with Gasteiger partial charge in [0.25, 0.3) is 0 Å². The zero-order valence-corrected chi connectivity index (χ0v) is 9.01. The summed E-state index contributed by atoms with van der Waals surface area (Å²) in [5, 5.41) is 0. The third kappa shape index (κ3) is 2.78. The molecular formula is C8H10F5NOS. The molecule has 0 N–H and O–H groups in total. The van der Waals surface area contributed by atoms with Crippen LogP contribution in [0.5, 0.6) is 0 Å². The van der Waals surface area contributed by atoms with Crippen LogP contribution in [-0.2, 0) is 4.79 Å². The number of thioether (sulfide) groups is 1. The minimum absolute atomic E-state index is 0.0441. The Bertz CT molecular complexity index is 260. The molecule has 2 nitrogen and oxygen atoms in total. The molecule has 0 saturated carbocycles. The van der Waals surface area contributed by atoms with Crippen molar-refractivity contribution >= 4 is 17.7 Å². The second kappa shape index (κ2) is 4.77. The lowest BCUT2D eigenvalue weighted by atomic mass is 10.2. The number of alkyl halides is 5. The van der Waals surface area contributed by atoms with Crippen molar-refractivity contribution in [2.24, 2.45) is 0 Å². The highest BCUT2D eigenvalue weighted by atomic mass is 32.2. The van der Waals surface area contributed by atoms with Crippen LogP contribution < -0.4 is 0 Å². The molecule has 1 saturated heterocycles. The molecule has 0 spiro atoms. The van der Waals surface area contributed by atoms with E-state index in [2.05, 4.69) is 0 Å². The number of halogens is 5. The Hall–Kier alpha value is -0.530. The number of nitrogens with zero attached hydrogens (tertiary/aromatic N) is 1. The summed E-state index contributed by atoms with van der Waals surface area (Å²) in [7, 11) is 0. The first-order valence-electron chi connectivity index (χ1n) is 4.58. The smallest absolute Gasteiger partial charge is 0.336 e. The Balaban J connectivity index is 2.75. The van der Waals surface area contributed by atoms with Crippen molar-refractivity contribution in [2.75, 3.05) is 24.6 Å². The second-order valence-corrected chi connectivity index (χ2v) is 4.56. The van der Waals surface area contributed by atoms with E-state index in [1.165, 1.54) is 11.8 Å². The maximum atomic E-state index is 12.7. The molecule has 0 unspecified atom stereocenters. The van der Waals surface area contributed by atoms with Crippen LogP contribution in [0.2, 0.25) is 0 Å². The van der Waals surface area contributed by atoms with Crippen LogP contribution in [0.1, 0.15) is 6.42 Å². The van der Waals surface area contributed by atoms with Gasteiger partial charge in [0.2, 0.25) is 0 Å². The predicted octanol–water partition coefficient (Wildman–Crippen LogP) is 2.15. The number of hydrogen-bond donors (Lipinski definition) is 0. The number of hydrogen-bond acceptors (Lipinski definition) is 2. The Morgan fingerprint density at radius 3 is 2.25 bits per heavy atom. The van der Waals surface area contributed by atoms with Gasteiger partial charge in [-0.15, -0.1) is 0 Å². The third-order valence-electron chi connectivity index (χ3n) is 2.13. The fourth-order valence-electron chi connectivity index (χ4n) is 1.27. The Labute approximate surface area is 93.2 Å². The molecular weight excluding hydrogens is 253 g/mol. The van der Waals surface area contributed by atoms with Gasteiger partial charge in [0.05, 0.1) is 0 Å². The fraction of sp³-hybridized carbons (Fsp3) is 0.875. The van der Waals surface area contributed by atoms with E-state index in [0.29, 0.717) is 22.8 Å². The van der Waals surface area contributed by atoms with Gasteiger partial charge in [0.1, 0.15) is 0 Å². The van der Waals surface area contributed by atoms with E-state index in [1.807, 2.05) is 0 Å². The lowest BCUT2D eigenvalue weighted by molar-refractivity contribution is -0.274. The molecule has 0 aromatic rings. The van der Waals surface area contributed by atoms with Crippen molar-refractivity contribution in [2.45, 2.75) is 18.5 Å². The minimum atomic E-state index is -5.82. The molecule has 0 aromatic heterocycles. The lowest BCUT2D eigenvalue weighted by Crippen LogP contribution is -2.52. The Morgan fingerprint density at radius 1 is 1.06 bits per heavy atom. The standard InChI is InChI=1S/C8H10F5NOS/c9-7(10,8(11,12)13)6(15)14-2-1-4-16-5-3-14/h1-5H2. The van der Waals surface area contributed by atoms with Crippen molar-refractivity contribution < 1.29 is 26.7 Å². The number of rotatable bonds is 1. The second-order valence-electron chi connectivity index (χ2n) is 3.33. The normalized spacial score (nSPS) is 19.4. The first-order valence-corrected chi connectivity index (χ1v) is 5.74. The zero-order valence-electron chi connectivity index (χ0n) is 8.19. The molecule has 1 aliphatic rings. The van der Waals surface area contributed by atoms with Gasteiger partial charge < -0.3 is 4.90 Å². The van der Waals surface area contributed by atoms with E-state index >= 15 is 0 Å². The molecule has 0 bridgehead atoms. The first-order chi connectivity index (χ1) is 7.27. The van der Waals surface area contributed by atoms with Crippen molar-refractivity contribution in [3.05, 3.63) is 0 Å². The van der Waals surface area contributed by atoms with E-state index < -0.39 is 18.0 Å². The average molecular weight is 263 g/mol. The summed E-state index contributed by atoms with van der Waals surface area (Å²) in [5.74, 6) is -6.36. The van der Waals surface area contributed by atoms with E-state index in [4.69, 9.17) is 0 Å². The predicted molar refractivity (Wildman–Crippen MR) is 49.5 cm³/mol. The molecule has 16 heavy (non-hydrogen) atoms. The van der Waals surface area contributed by atoms with Gasteiger partial charge >= 0.3 is 18.0 Å². The highest BCUT2D eigenvalue weighted by molar-refractivity contribution is 7.99. The third-order valence-corrected chi connectivity index (χ3v) is 3.18. The first kappa shape index (κ1) is 13.5. The largest absolute Gasteiger partial charge is 0.463 e. The van der Waals surface area contributed by atoms with Gasteiger partial charge in [-0.1, -0.05) is 0 Å². The maximum absolute atomic E-state index is 12.7. The summed E-state index contributed by atoms with van der Waals surface area (Å²) in [6, 6.07) is 0. The summed E-state index contributed by atoms with van der Waals surface area (Å²) >= 11 is 1.43. The van der Waals surface area contributed by atoms with Crippen LogP contribution in [0.25, 0.3) is 0 Å². The van der Waals surface area contributed by atoms with E-state index in [0.717, 1.165) is 0 Å². The molecule has 94 valence electrons. The lowest BCUT2D eigenvalue weighted by Gasteiger charge is -2.26. The summed E-state index contributed by atoms with van der Waals surface area (Å²) < 4.78 is 61.2. The van der Waals surface area contributed by atoms with Crippen LogP contribution in [0, 0.1) is 0 Å². The maximum Gasteiger partial charge on any atom is 0.463 e. The fourth-order valence-corrected chi connectivity index (χ4v) is 2.16. The molecule has 1 heterocycles. The molecule has 1 aliphatic heterocycles. The van der Waals surface area contributed by atoms with E-state index in [-0.39, 0.29) is 13.1 Å². The van der Waals surface area contributed by atoms with Crippen LogP contribution in [0.3, 0.4) is 0 Å². The average Bonchev–Trinajstić information content (AvgIpc) is 2.42. The van der Waals surface area contributed by atoms with Gasteiger partial charge in [-0.25, -0.2) is 0 Å². The van der Waals surface area contributed by atoms with E-state index in [1.54, 1.807) is 0 Å². The molecule has 0 aliphatic carbocycles. The monoisotopic (exact) mass is 263 g/mol. The van der Waals surface area contributed by atoms with Crippen molar-refractivity contribution in [1.29, 1.82) is 0 Å². The van der Waals surface area contributed by atoms with Crippen LogP contribution in [0.15, 0.2) is 0 Å². The van der Waals surface area contributed by atoms with Gasteiger partial charge in [0, 0.05) is 18.8 Å². The minimum Gasteiger partial charge on any atom is -0.336 e. The Kier molecular flexibility index (Phi) is 4.03. The highest BCUT2D eigenvalue weighted by Gasteiger charge is 2.64.